The Morgan fingerprint density at radius 2 is 2.18 bits per heavy atom. The molecule has 2 amide bonds. The quantitative estimate of drug-likeness (QED) is 0.848. The van der Waals surface area contributed by atoms with Gasteiger partial charge in [-0.15, -0.1) is 0 Å². The number of nitrogens with one attached hydrogen (secondary N) is 1. The summed E-state index contributed by atoms with van der Waals surface area (Å²) in [7, 11) is 1.59. The van der Waals surface area contributed by atoms with Gasteiger partial charge in [-0.3, -0.25) is 9.59 Å². The van der Waals surface area contributed by atoms with Crippen LogP contribution in [0, 0.1) is 0 Å². The second-order valence-corrected chi connectivity index (χ2v) is 3.78. The summed E-state index contributed by atoms with van der Waals surface area (Å²) < 4.78 is 0. The van der Waals surface area contributed by atoms with Gasteiger partial charge in [-0.25, -0.2) is 0 Å². The average Bonchev–Trinajstić information content (AvgIpc) is 2.74. The van der Waals surface area contributed by atoms with Crippen molar-refractivity contribution in [3.8, 4) is 0 Å². The third-order valence-electron chi connectivity index (χ3n) is 2.72. The van der Waals surface area contributed by atoms with Crippen LogP contribution in [0.15, 0.2) is 24.3 Å². The van der Waals surface area contributed by atoms with Gasteiger partial charge < -0.3 is 10.2 Å². The van der Waals surface area contributed by atoms with E-state index < -0.39 is 0 Å². The predicted octanol–water partition coefficient (Wildman–Crippen LogP) is 1.81. The van der Waals surface area contributed by atoms with Gasteiger partial charge in [-0.1, -0.05) is 13.5 Å². The Balaban J connectivity index is 0.00000144. The minimum Gasteiger partial charge on any atom is -0.355 e. The molecule has 0 radical (unpaired) electrons. The summed E-state index contributed by atoms with van der Waals surface area (Å²) in [6.45, 7) is 0.746. The molecule has 2 rings (SSSR count). The monoisotopic (exact) mass is 234 g/mol. The fourth-order valence-corrected chi connectivity index (χ4v) is 1.88. The summed E-state index contributed by atoms with van der Waals surface area (Å²) >= 11 is 0. The first-order chi connectivity index (χ1) is 7.72. The third kappa shape index (κ3) is 2.64. The SMILES string of the molecule is C.CNC(=O)c1cccc(N2CCCC2=O)c1. The molecule has 1 aliphatic rings. The highest BCUT2D eigenvalue weighted by Gasteiger charge is 2.21. The first-order valence-corrected chi connectivity index (χ1v) is 5.35. The number of hydrogen-bond acceptors (Lipinski definition) is 2. The van der Waals surface area contributed by atoms with Crippen LogP contribution in [0.1, 0.15) is 30.6 Å². The first kappa shape index (κ1) is 13.2. The maximum atomic E-state index is 11.6. The number of amides is 2. The van der Waals surface area contributed by atoms with Crippen LogP contribution in [-0.2, 0) is 4.79 Å². The molecule has 1 N–H and O–H groups in total. The second-order valence-electron chi connectivity index (χ2n) is 3.78. The lowest BCUT2D eigenvalue weighted by molar-refractivity contribution is -0.117. The third-order valence-corrected chi connectivity index (χ3v) is 2.72. The number of carbonyl (C=O) groups is 2. The van der Waals surface area contributed by atoms with E-state index in [1.54, 1.807) is 30.1 Å². The van der Waals surface area contributed by atoms with Crippen molar-refractivity contribution in [3.63, 3.8) is 0 Å². The zero-order valence-electron chi connectivity index (χ0n) is 9.19. The molecule has 0 unspecified atom stereocenters. The lowest BCUT2D eigenvalue weighted by atomic mass is 10.2. The Bertz CT molecular complexity index is 429. The van der Waals surface area contributed by atoms with E-state index in [9.17, 15) is 9.59 Å². The van der Waals surface area contributed by atoms with Crippen molar-refractivity contribution in [1.82, 2.24) is 5.32 Å². The number of hydrogen-bond donors (Lipinski definition) is 1. The van der Waals surface area contributed by atoms with E-state index in [-0.39, 0.29) is 19.2 Å². The first-order valence-electron chi connectivity index (χ1n) is 5.35. The predicted molar refractivity (Wildman–Crippen MR) is 68.2 cm³/mol. The van der Waals surface area contributed by atoms with Gasteiger partial charge in [0.2, 0.25) is 5.91 Å². The molecule has 0 aromatic heterocycles. The fraction of sp³-hybridized carbons (Fsp3) is 0.385. The maximum absolute atomic E-state index is 11.6. The molecule has 0 aliphatic carbocycles. The highest BCUT2D eigenvalue weighted by molar-refractivity contribution is 5.98. The molecule has 1 saturated heterocycles. The van der Waals surface area contributed by atoms with E-state index in [2.05, 4.69) is 5.32 Å². The standard InChI is InChI=1S/C12H14N2O2.CH4/c1-13-12(16)9-4-2-5-10(8-9)14-7-3-6-11(14)15;/h2,4-5,8H,3,6-7H2,1H3,(H,13,16);1H4. The Hall–Kier alpha value is -1.84. The van der Waals surface area contributed by atoms with E-state index in [0.717, 1.165) is 18.7 Å². The number of rotatable bonds is 2. The van der Waals surface area contributed by atoms with Crippen LogP contribution in [0.3, 0.4) is 0 Å². The molecule has 0 spiro atoms. The highest BCUT2D eigenvalue weighted by Crippen LogP contribution is 2.22. The molecule has 92 valence electrons. The summed E-state index contributed by atoms with van der Waals surface area (Å²) in [5, 5.41) is 2.57. The number of carbonyl (C=O) groups excluding carboxylic acids is 2. The molecular weight excluding hydrogens is 216 g/mol. The number of benzene rings is 1. The Kier molecular flexibility index (Phi) is 4.26. The van der Waals surface area contributed by atoms with E-state index in [0.29, 0.717) is 12.0 Å². The molecule has 4 heteroatoms. The minimum absolute atomic E-state index is 0. The van der Waals surface area contributed by atoms with Crippen LogP contribution in [0.25, 0.3) is 0 Å². The summed E-state index contributed by atoms with van der Waals surface area (Å²) in [6.07, 6.45) is 1.49. The summed E-state index contributed by atoms with van der Waals surface area (Å²) in [4.78, 5) is 24.7. The topological polar surface area (TPSA) is 49.4 Å². The lowest BCUT2D eigenvalue weighted by Gasteiger charge is -2.16. The van der Waals surface area contributed by atoms with E-state index >= 15 is 0 Å². The Morgan fingerprint density at radius 1 is 1.41 bits per heavy atom. The van der Waals surface area contributed by atoms with Crippen molar-refractivity contribution in [2.75, 3.05) is 18.5 Å². The fourth-order valence-electron chi connectivity index (χ4n) is 1.88. The van der Waals surface area contributed by atoms with Gasteiger partial charge in [-0.05, 0) is 24.6 Å². The van der Waals surface area contributed by atoms with Gasteiger partial charge in [0.05, 0.1) is 0 Å². The molecule has 1 heterocycles. The summed E-state index contributed by atoms with van der Waals surface area (Å²) in [5.74, 6) is 0.00236. The maximum Gasteiger partial charge on any atom is 0.251 e. The van der Waals surface area contributed by atoms with Crippen LogP contribution in [0.4, 0.5) is 5.69 Å². The molecule has 0 atom stereocenters. The van der Waals surface area contributed by atoms with E-state index in [1.165, 1.54) is 0 Å². The largest absolute Gasteiger partial charge is 0.355 e. The lowest BCUT2D eigenvalue weighted by Crippen LogP contribution is -2.24. The zero-order chi connectivity index (χ0) is 11.5. The van der Waals surface area contributed by atoms with Crippen molar-refractivity contribution in [2.45, 2.75) is 20.3 Å². The molecule has 0 saturated carbocycles. The molecule has 1 aliphatic heterocycles. The van der Waals surface area contributed by atoms with Crippen LogP contribution in [-0.4, -0.2) is 25.4 Å². The molecule has 1 aromatic rings. The molecule has 4 nitrogen and oxygen atoms in total. The molecule has 1 fully saturated rings. The van der Waals surface area contributed by atoms with Gasteiger partial charge >= 0.3 is 0 Å². The molecular formula is C13H18N2O2. The summed E-state index contributed by atoms with van der Waals surface area (Å²) in [6, 6.07) is 7.14. The van der Waals surface area contributed by atoms with Crippen molar-refractivity contribution in [2.24, 2.45) is 0 Å². The average molecular weight is 234 g/mol. The smallest absolute Gasteiger partial charge is 0.251 e. The molecule has 0 bridgehead atoms. The minimum atomic E-state index is -0.131. The van der Waals surface area contributed by atoms with Gasteiger partial charge in [0.1, 0.15) is 0 Å². The van der Waals surface area contributed by atoms with Crippen LogP contribution in [0.5, 0.6) is 0 Å². The highest BCUT2D eigenvalue weighted by atomic mass is 16.2. The van der Waals surface area contributed by atoms with Crippen molar-refractivity contribution in [3.05, 3.63) is 29.8 Å². The van der Waals surface area contributed by atoms with E-state index in [4.69, 9.17) is 0 Å². The van der Waals surface area contributed by atoms with Gasteiger partial charge in [0.25, 0.3) is 5.91 Å². The Morgan fingerprint density at radius 3 is 2.76 bits per heavy atom. The van der Waals surface area contributed by atoms with E-state index in [1.807, 2.05) is 6.07 Å². The molecule has 1 aromatic carbocycles. The number of anilines is 1. The van der Waals surface area contributed by atoms with Crippen LogP contribution >= 0.6 is 0 Å². The van der Waals surface area contributed by atoms with Crippen molar-refractivity contribution >= 4 is 17.5 Å². The Labute approximate surface area is 102 Å². The second kappa shape index (κ2) is 5.48. The van der Waals surface area contributed by atoms with Crippen LogP contribution < -0.4 is 10.2 Å². The summed E-state index contributed by atoms with van der Waals surface area (Å²) in [5.41, 5.74) is 1.39. The zero-order valence-corrected chi connectivity index (χ0v) is 9.19. The van der Waals surface area contributed by atoms with Crippen molar-refractivity contribution in [1.29, 1.82) is 0 Å². The van der Waals surface area contributed by atoms with Gasteiger partial charge in [0.15, 0.2) is 0 Å². The van der Waals surface area contributed by atoms with Gasteiger partial charge in [0, 0.05) is 31.3 Å². The number of nitrogens with zero attached hydrogens (tertiary/aromatic N) is 1. The molecule has 17 heavy (non-hydrogen) atoms. The van der Waals surface area contributed by atoms with Gasteiger partial charge in [-0.2, -0.15) is 0 Å². The van der Waals surface area contributed by atoms with Crippen molar-refractivity contribution < 1.29 is 9.59 Å². The van der Waals surface area contributed by atoms with Crippen LogP contribution in [0.2, 0.25) is 0 Å². The normalized spacial score (nSPS) is 14.4.